The SMILES string of the molecule is CC(CC(N)c1cccc2ccccc12)C(C)(C)C. The fourth-order valence-electron chi connectivity index (χ4n) is 2.44. The molecule has 1 heteroatoms. The van der Waals surface area contributed by atoms with Gasteiger partial charge in [-0.05, 0) is 34.1 Å². The van der Waals surface area contributed by atoms with Gasteiger partial charge in [-0.1, -0.05) is 70.2 Å². The second-order valence-corrected chi connectivity index (χ2v) is 6.68. The van der Waals surface area contributed by atoms with Gasteiger partial charge in [0.25, 0.3) is 0 Å². The smallest absolute Gasteiger partial charge is 0.0303 e. The molecule has 0 aromatic heterocycles. The van der Waals surface area contributed by atoms with E-state index < -0.39 is 0 Å². The Kier molecular flexibility index (Phi) is 3.96. The lowest BCUT2D eigenvalue weighted by Gasteiger charge is -2.30. The number of nitrogens with two attached hydrogens (primary N) is 1. The van der Waals surface area contributed by atoms with E-state index in [9.17, 15) is 0 Å². The van der Waals surface area contributed by atoms with Crippen molar-refractivity contribution in [1.82, 2.24) is 0 Å². The fraction of sp³-hybridized carbons (Fsp3) is 0.444. The van der Waals surface area contributed by atoms with Crippen LogP contribution in [0.3, 0.4) is 0 Å². The fourth-order valence-corrected chi connectivity index (χ4v) is 2.44. The first-order valence-corrected chi connectivity index (χ1v) is 7.13. The summed E-state index contributed by atoms with van der Waals surface area (Å²) in [5.41, 5.74) is 8.04. The molecule has 19 heavy (non-hydrogen) atoms. The first-order valence-electron chi connectivity index (χ1n) is 7.13. The summed E-state index contributed by atoms with van der Waals surface area (Å²) in [5, 5.41) is 2.57. The predicted molar refractivity (Wildman–Crippen MR) is 84.1 cm³/mol. The quantitative estimate of drug-likeness (QED) is 0.828. The normalized spacial score (nSPS) is 15.4. The van der Waals surface area contributed by atoms with E-state index in [1.807, 2.05) is 0 Å². The minimum absolute atomic E-state index is 0.111. The lowest BCUT2D eigenvalue weighted by molar-refractivity contribution is 0.234. The summed E-state index contributed by atoms with van der Waals surface area (Å²) in [6.45, 7) is 9.15. The monoisotopic (exact) mass is 255 g/mol. The van der Waals surface area contributed by atoms with Crippen LogP contribution in [-0.4, -0.2) is 0 Å². The third kappa shape index (κ3) is 3.16. The molecule has 0 amide bonds. The standard InChI is InChI=1S/C18H25N/c1-13(18(2,3)4)12-17(19)16-11-7-9-14-8-5-6-10-15(14)16/h5-11,13,17H,12,19H2,1-4H3. The van der Waals surface area contributed by atoms with Gasteiger partial charge in [0.05, 0.1) is 0 Å². The van der Waals surface area contributed by atoms with Crippen molar-refractivity contribution in [2.45, 2.75) is 40.2 Å². The Morgan fingerprint density at radius 1 is 1.00 bits per heavy atom. The molecule has 2 rings (SSSR count). The Morgan fingerprint density at radius 2 is 1.63 bits per heavy atom. The average Bonchev–Trinajstić information content (AvgIpc) is 2.36. The highest BCUT2D eigenvalue weighted by atomic mass is 14.6. The Labute approximate surface area is 116 Å². The van der Waals surface area contributed by atoms with Crippen LogP contribution >= 0.6 is 0 Å². The summed E-state index contributed by atoms with van der Waals surface area (Å²) < 4.78 is 0. The lowest BCUT2D eigenvalue weighted by Crippen LogP contribution is -2.23. The van der Waals surface area contributed by atoms with Crippen LogP contribution in [0, 0.1) is 11.3 Å². The molecule has 0 saturated carbocycles. The molecule has 0 radical (unpaired) electrons. The molecule has 2 aromatic rings. The van der Waals surface area contributed by atoms with Crippen molar-refractivity contribution in [1.29, 1.82) is 0 Å². The van der Waals surface area contributed by atoms with Crippen LogP contribution in [0.2, 0.25) is 0 Å². The second kappa shape index (κ2) is 5.34. The van der Waals surface area contributed by atoms with Crippen molar-refractivity contribution < 1.29 is 0 Å². The molecule has 0 aliphatic rings. The highest BCUT2D eigenvalue weighted by molar-refractivity contribution is 5.86. The third-order valence-corrected chi connectivity index (χ3v) is 4.31. The van der Waals surface area contributed by atoms with Crippen LogP contribution in [0.15, 0.2) is 42.5 Å². The molecule has 2 unspecified atom stereocenters. The van der Waals surface area contributed by atoms with E-state index in [1.54, 1.807) is 0 Å². The first-order chi connectivity index (χ1) is 8.89. The first kappa shape index (κ1) is 14.1. The zero-order valence-electron chi connectivity index (χ0n) is 12.5. The van der Waals surface area contributed by atoms with Gasteiger partial charge in [-0.3, -0.25) is 0 Å². The molecule has 0 aliphatic carbocycles. The van der Waals surface area contributed by atoms with E-state index in [2.05, 4.69) is 70.2 Å². The van der Waals surface area contributed by atoms with E-state index in [0.717, 1.165) is 6.42 Å². The van der Waals surface area contributed by atoms with Gasteiger partial charge >= 0.3 is 0 Å². The zero-order valence-corrected chi connectivity index (χ0v) is 12.5. The molecule has 1 nitrogen and oxygen atoms in total. The van der Waals surface area contributed by atoms with E-state index >= 15 is 0 Å². The summed E-state index contributed by atoms with van der Waals surface area (Å²) in [6.07, 6.45) is 1.03. The number of hydrogen-bond acceptors (Lipinski definition) is 1. The largest absolute Gasteiger partial charge is 0.324 e. The number of hydrogen-bond donors (Lipinski definition) is 1. The summed E-state index contributed by atoms with van der Waals surface area (Å²) in [7, 11) is 0. The zero-order chi connectivity index (χ0) is 14.0. The van der Waals surface area contributed by atoms with E-state index in [1.165, 1.54) is 16.3 Å². The van der Waals surface area contributed by atoms with Crippen LogP contribution in [0.5, 0.6) is 0 Å². The van der Waals surface area contributed by atoms with Gasteiger partial charge in [0, 0.05) is 6.04 Å². The van der Waals surface area contributed by atoms with Crippen molar-refractivity contribution in [3.05, 3.63) is 48.0 Å². The van der Waals surface area contributed by atoms with Crippen molar-refractivity contribution in [2.75, 3.05) is 0 Å². The molecule has 2 aromatic carbocycles. The number of rotatable bonds is 3. The number of fused-ring (bicyclic) bond motifs is 1. The Bertz CT molecular complexity index is 546. The molecule has 0 saturated heterocycles. The van der Waals surface area contributed by atoms with E-state index in [-0.39, 0.29) is 6.04 Å². The van der Waals surface area contributed by atoms with Crippen molar-refractivity contribution >= 4 is 10.8 Å². The summed E-state index contributed by atoms with van der Waals surface area (Å²) in [4.78, 5) is 0. The minimum Gasteiger partial charge on any atom is -0.324 e. The highest BCUT2D eigenvalue weighted by Crippen LogP contribution is 2.34. The molecule has 0 fully saturated rings. The lowest BCUT2D eigenvalue weighted by atomic mass is 9.77. The topological polar surface area (TPSA) is 26.0 Å². The summed E-state index contributed by atoms with van der Waals surface area (Å²) in [5.74, 6) is 0.599. The Hall–Kier alpha value is -1.34. The molecular weight excluding hydrogens is 230 g/mol. The van der Waals surface area contributed by atoms with Crippen LogP contribution in [0.1, 0.15) is 45.7 Å². The average molecular weight is 255 g/mol. The van der Waals surface area contributed by atoms with Gasteiger partial charge < -0.3 is 5.73 Å². The molecule has 2 atom stereocenters. The van der Waals surface area contributed by atoms with Crippen LogP contribution < -0.4 is 5.73 Å². The van der Waals surface area contributed by atoms with Crippen molar-refractivity contribution in [3.63, 3.8) is 0 Å². The maximum absolute atomic E-state index is 6.46. The van der Waals surface area contributed by atoms with Crippen molar-refractivity contribution in [2.24, 2.45) is 17.1 Å². The van der Waals surface area contributed by atoms with Gasteiger partial charge in [0.15, 0.2) is 0 Å². The van der Waals surface area contributed by atoms with Gasteiger partial charge in [0.2, 0.25) is 0 Å². The molecule has 0 heterocycles. The highest BCUT2D eigenvalue weighted by Gasteiger charge is 2.23. The third-order valence-electron chi connectivity index (χ3n) is 4.31. The summed E-state index contributed by atoms with van der Waals surface area (Å²) in [6, 6.07) is 15.0. The maximum atomic E-state index is 6.46. The second-order valence-electron chi connectivity index (χ2n) is 6.68. The summed E-state index contributed by atoms with van der Waals surface area (Å²) >= 11 is 0. The molecule has 0 aliphatic heterocycles. The molecule has 2 N–H and O–H groups in total. The maximum Gasteiger partial charge on any atom is 0.0303 e. The number of benzene rings is 2. The Morgan fingerprint density at radius 3 is 2.32 bits per heavy atom. The predicted octanol–water partition coefficient (Wildman–Crippen LogP) is 4.91. The minimum atomic E-state index is 0.111. The van der Waals surface area contributed by atoms with E-state index in [0.29, 0.717) is 11.3 Å². The van der Waals surface area contributed by atoms with Crippen molar-refractivity contribution in [3.8, 4) is 0 Å². The Balaban J connectivity index is 2.29. The molecule has 0 bridgehead atoms. The van der Waals surface area contributed by atoms with Gasteiger partial charge in [0.1, 0.15) is 0 Å². The van der Waals surface area contributed by atoms with Gasteiger partial charge in [-0.15, -0.1) is 0 Å². The molecule has 0 spiro atoms. The van der Waals surface area contributed by atoms with Gasteiger partial charge in [-0.2, -0.15) is 0 Å². The molecule has 102 valence electrons. The van der Waals surface area contributed by atoms with Crippen LogP contribution in [0.25, 0.3) is 10.8 Å². The van der Waals surface area contributed by atoms with Gasteiger partial charge in [-0.25, -0.2) is 0 Å². The van der Waals surface area contributed by atoms with E-state index in [4.69, 9.17) is 5.73 Å². The van der Waals surface area contributed by atoms with Crippen LogP contribution in [-0.2, 0) is 0 Å². The molecular formula is C18H25N. The van der Waals surface area contributed by atoms with Crippen LogP contribution in [0.4, 0.5) is 0 Å².